The Labute approximate surface area is 148 Å². The summed E-state index contributed by atoms with van der Waals surface area (Å²) in [7, 11) is 1.54. The number of carbonyl (C=O) groups is 2. The number of carboxylic acids is 1. The summed E-state index contributed by atoms with van der Waals surface area (Å²) in [4.78, 5) is 22.8. The number of amides is 1. The van der Waals surface area contributed by atoms with E-state index in [1.165, 1.54) is 31.5 Å². The fourth-order valence-corrected chi connectivity index (χ4v) is 2.06. The van der Waals surface area contributed by atoms with Crippen molar-refractivity contribution in [2.24, 2.45) is 0 Å². The molecule has 26 heavy (non-hydrogen) atoms. The van der Waals surface area contributed by atoms with E-state index in [0.717, 1.165) is 4.68 Å². The van der Waals surface area contributed by atoms with Crippen molar-refractivity contribution in [3.8, 4) is 0 Å². The Morgan fingerprint density at radius 2 is 2.15 bits per heavy atom. The first-order valence-corrected chi connectivity index (χ1v) is 7.73. The summed E-state index contributed by atoms with van der Waals surface area (Å²) >= 11 is 0. The van der Waals surface area contributed by atoms with Crippen LogP contribution in [0.4, 0.5) is 4.39 Å². The van der Waals surface area contributed by atoms with Gasteiger partial charge in [-0.2, -0.15) is 0 Å². The Hall–Kier alpha value is -2.85. The molecule has 1 aromatic heterocycles. The quantitative estimate of drug-likeness (QED) is 0.592. The topological polar surface area (TPSA) is 116 Å². The van der Waals surface area contributed by atoms with Gasteiger partial charge in [-0.3, -0.25) is 9.59 Å². The van der Waals surface area contributed by atoms with Crippen LogP contribution in [-0.4, -0.2) is 52.3 Å². The summed E-state index contributed by atoms with van der Waals surface area (Å²) in [5, 5.41) is 18.7. The molecular weight excluding hydrogens is 347 g/mol. The van der Waals surface area contributed by atoms with Gasteiger partial charge in [-0.1, -0.05) is 5.21 Å². The first-order chi connectivity index (χ1) is 12.5. The normalized spacial score (nSPS) is 10.7. The van der Waals surface area contributed by atoms with E-state index in [1.54, 1.807) is 0 Å². The van der Waals surface area contributed by atoms with Crippen molar-refractivity contribution in [3.05, 3.63) is 47.0 Å². The van der Waals surface area contributed by atoms with Crippen LogP contribution >= 0.6 is 0 Å². The number of methoxy groups -OCH3 is 1. The third-order valence-corrected chi connectivity index (χ3v) is 3.31. The van der Waals surface area contributed by atoms with Crippen molar-refractivity contribution in [1.82, 2.24) is 20.3 Å². The molecule has 1 heterocycles. The Morgan fingerprint density at radius 3 is 2.88 bits per heavy atom. The molecule has 0 aliphatic rings. The van der Waals surface area contributed by atoms with E-state index in [1.807, 2.05) is 0 Å². The highest BCUT2D eigenvalue weighted by Gasteiger charge is 2.11. The number of nitrogens with zero attached hydrogens (tertiary/aromatic N) is 3. The Morgan fingerprint density at radius 1 is 1.35 bits per heavy atom. The SMILES string of the molecule is COCCOCc1cc(C(=O)NCc2cn(CC(=O)O)nn2)ccc1F. The summed E-state index contributed by atoms with van der Waals surface area (Å²) in [6, 6.07) is 3.98. The third kappa shape index (κ3) is 5.90. The number of rotatable bonds is 10. The van der Waals surface area contributed by atoms with Crippen LogP contribution in [0, 0.1) is 5.82 Å². The zero-order valence-corrected chi connectivity index (χ0v) is 14.1. The second kappa shape index (κ2) is 9.59. The molecule has 0 atom stereocenters. The molecule has 2 N–H and O–H groups in total. The van der Waals surface area contributed by atoms with Gasteiger partial charge in [0.25, 0.3) is 5.91 Å². The van der Waals surface area contributed by atoms with Gasteiger partial charge >= 0.3 is 5.97 Å². The third-order valence-electron chi connectivity index (χ3n) is 3.31. The van der Waals surface area contributed by atoms with E-state index in [-0.39, 0.29) is 30.8 Å². The number of benzene rings is 1. The molecule has 0 bridgehead atoms. The van der Waals surface area contributed by atoms with Crippen molar-refractivity contribution < 1.29 is 28.6 Å². The van der Waals surface area contributed by atoms with Gasteiger partial charge in [0.15, 0.2) is 0 Å². The summed E-state index contributed by atoms with van der Waals surface area (Å²) < 4.78 is 25.1. The smallest absolute Gasteiger partial charge is 0.325 e. The molecular formula is C16H19FN4O5. The van der Waals surface area contributed by atoms with E-state index >= 15 is 0 Å². The molecule has 0 saturated carbocycles. The van der Waals surface area contributed by atoms with Crippen LogP contribution in [0.3, 0.4) is 0 Å². The van der Waals surface area contributed by atoms with Gasteiger partial charge in [-0.15, -0.1) is 5.10 Å². The van der Waals surface area contributed by atoms with Gasteiger partial charge < -0.3 is 19.9 Å². The molecule has 0 spiro atoms. The highest BCUT2D eigenvalue weighted by Crippen LogP contribution is 2.12. The molecule has 1 aromatic carbocycles. The number of nitrogens with one attached hydrogen (secondary N) is 1. The maximum atomic E-state index is 13.8. The van der Waals surface area contributed by atoms with Gasteiger partial charge in [0.2, 0.25) is 0 Å². The highest BCUT2D eigenvalue weighted by molar-refractivity contribution is 5.94. The average Bonchev–Trinajstić information content (AvgIpc) is 3.04. The standard InChI is InChI=1S/C16H19FN4O5/c1-25-4-5-26-10-12-6-11(2-3-14(12)17)16(24)18-7-13-8-21(20-19-13)9-15(22)23/h2-3,6,8H,4-5,7,9-10H2,1H3,(H,18,24)(H,22,23). The van der Waals surface area contributed by atoms with Crippen molar-refractivity contribution in [2.45, 2.75) is 19.7 Å². The molecule has 0 saturated heterocycles. The molecule has 0 aliphatic heterocycles. The van der Waals surface area contributed by atoms with Gasteiger partial charge in [-0.25, -0.2) is 9.07 Å². The van der Waals surface area contributed by atoms with E-state index < -0.39 is 17.7 Å². The monoisotopic (exact) mass is 366 g/mol. The first-order valence-electron chi connectivity index (χ1n) is 7.73. The molecule has 9 nitrogen and oxygen atoms in total. The molecule has 1 amide bonds. The number of halogens is 1. The van der Waals surface area contributed by atoms with Crippen LogP contribution in [0.25, 0.3) is 0 Å². The molecule has 140 valence electrons. The summed E-state index contributed by atoms with van der Waals surface area (Å²) in [5.74, 6) is -1.93. The summed E-state index contributed by atoms with van der Waals surface area (Å²) in [5.41, 5.74) is 0.945. The number of carbonyl (C=O) groups excluding carboxylic acids is 1. The number of aromatic nitrogens is 3. The van der Waals surface area contributed by atoms with E-state index in [2.05, 4.69) is 15.6 Å². The van der Waals surface area contributed by atoms with Crippen LogP contribution in [0.1, 0.15) is 21.6 Å². The fourth-order valence-electron chi connectivity index (χ4n) is 2.06. The zero-order valence-electron chi connectivity index (χ0n) is 14.1. The van der Waals surface area contributed by atoms with Crippen molar-refractivity contribution in [3.63, 3.8) is 0 Å². The van der Waals surface area contributed by atoms with Crippen molar-refractivity contribution >= 4 is 11.9 Å². The lowest BCUT2D eigenvalue weighted by molar-refractivity contribution is -0.137. The number of aliphatic carboxylic acids is 1. The minimum absolute atomic E-state index is 0.0276. The predicted molar refractivity (Wildman–Crippen MR) is 86.8 cm³/mol. The number of ether oxygens (including phenoxy) is 2. The second-order valence-electron chi connectivity index (χ2n) is 5.34. The lowest BCUT2D eigenvalue weighted by Gasteiger charge is -2.08. The lowest BCUT2D eigenvalue weighted by atomic mass is 10.1. The van der Waals surface area contributed by atoms with Gasteiger partial charge in [0.05, 0.1) is 32.6 Å². The number of hydrogen-bond acceptors (Lipinski definition) is 6. The average molecular weight is 366 g/mol. The van der Waals surface area contributed by atoms with Crippen molar-refractivity contribution in [1.29, 1.82) is 0 Å². The van der Waals surface area contributed by atoms with Crippen LogP contribution in [0.15, 0.2) is 24.4 Å². The first kappa shape index (κ1) is 19.5. The van der Waals surface area contributed by atoms with Crippen LogP contribution in [0.2, 0.25) is 0 Å². The maximum absolute atomic E-state index is 13.8. The summed E-state index contributed by atoms with van der Waals surface area (Å²) in [6.07, 6.45) is 1.42. The van der Waals surface area contributed by atoms with Crippen LogP contribution in [-0.2, 0) is 34.0 Å². The molecule has 0 radical (unpaired) electrons. The van der Waals surface area contributed by atoms with E-state index in [4.69, 9.17) is 14.6 Å². The number of carboxylic acid groups (broad SMARTS) is 1. The zero-order chi connectivity index (χ0) is 18.9. The predicted octanol–water partition coefficient (Wildman–Crippen LogP) is 0.595. The second-order valence-corrected chi connectivity index (χ2v) is 5.34. The maximum Gasteiger partial charge on any atom is 0.325 e. The molecule has 2 aromatic rings. The number of hydrogen-bond donors (Lipinski definition) is 2. The Bertz CT molecular complexity index is 765. The summed E-state index contributed by atoms with van der Waals surface area (Å²) in [6.45, 7) is 0.489. The molecule has 0 unspecified atom stereocenters. The van der Waals surface area contributed by atoms with Gasteiger partial charge in [0, 0.05) is 18.2 Å². The minimum Gasteiger partial charge on any atom is -0.480 e. The lowest BCUT2D eigenvalue weighted by Crippen LogP contribution is -2.23. The fraction of sp³-hybridized carbons (Fsp3) is 0.375. The largest absolute Gasteiger partial charge is 0.480 e. The van der Waals surface area contributed by atoms with Crippen LogP contribution in [0.5, 0.6) is 0 Å². The van der Waals surface area contributed by atoms with Crippen molar-refractivity contribution in [2.75, 3.05) is 20.3 Å². The molecule has 10 heteroatoms. The Kier molecular flexibility index (Phi) is 7.18. The molecule has 0 aliphatic carbocycles. The van der Waals surface area contributed by atoms with Crippen LogP contribution < -0.4 is 5.32 Å². The van der Waals surface area contributed by atoms with E-state index in [0.29, 0.717) is 18.9 Å². The van der Waals surface area contributed by atoms with Gasteiger partial charge in [0.1, 0.15) is 18.1 Å². The van der Waals surface area contributed by atoms with Gasteiger partial charge in [-0.05, 0) is 18.2 Å². The molecule has 2 rings (SSSR count). The Balaban J connectivity index is 1.92. The van der Waals surface area contributed by atoms with E-state index in [9.17, 15) is 14.0 Å². The highest BCUT2D eigenvalue weighted by atomic mass is 19.1. The minimum atomic E-state index is -1.04. The molecule has 0 fully saturated rings.